The number of halogens is 1. The minimum absolute atomic E-state index is 0.0689. The molecule has 0 aliphatic heterocycles. The number of carbonyl (C=O) groups excluding carboxylic acids is 1. The molecule has 5 heteroatoms. The first-order valence-electron chi connectivity index (χ1n) is 4.29. The van der Waals surface area contributed by atoms with Gasteiger partial charge in [-0.25, -0.2) is 0 Å². The van der Waals surface area contributed by atoms with Crippen molar-refractivity contribution in [3.63, 3.8) is 0 Å². The Morgan fingerprint density at radius 2 is 2.00 bits per heavy atom. The molecule has 0 saturated heterocycles. The minimum Gasteiger partial charge on any atom is -0.469 e. The highest BCUT2D eigenvalue weighted by Crippen LogP contribution is 2.30. The van der Waals surface area contributed by atoms with Crippen molar-refractivity contribution in [1.82, 2.24) is 0 Å². The van der Waals surface area contributed by atoms with Gasteiger partial charge in [0.15, 0.2) is 0 Å². The van der Waals surface area contributed by atoms with Crippen LogP contribution in [0.3, 0.4) is 0 Å². The quantitative estimate of drug-likeness (QED) is 0.456. The van der Waals surface area contributed by atoms with Gasteiger partial charge in [-0.15, -0.1) is 0 Å². The summed E-state index contributed by atoms with van der Waals surface area (Å²) in [5, 5.41) is 0. The minimum atomic E-state index is -0.0689. The molecule has 1 aliphatic rings. The highest BCUT2D eigenvalue weighted by molar-refractivity contribution is 14.2. The Hall–Kier alpha value is 0.510. The predicted octanol–water partition coefficient (Wildman–Crippen LogP) is 2.73. The topological polar surface area (TPSA) is 35.5 Å². The van der Waals surface area contributed by atoms with Crippen molar-refractivity contribution in [2.75, 3.05) is 7.11 Å². The van der Waals surface area contributed by atoms with E-state index in [-0.39, 0.29) is 11.9 Å². The van der Waals surface area contributed by atoms with E-state index in [1.165, 1.54) is 16.3 Å². The molecule has 76 valence electrons. The molecule has 0 radical (unpaired) electrons. The fraction of sp³-hybridized carbons (Fsp3) is 0.875. The maximum atomic E-state index is 11.2. The van der Waals surface area contributed by atoms with Gasteiger partial charge in [-0.2, -0.15) is 0 Å². The average molecular weight is 316 g/mol. The van der Waals surface area contributed by atoms with Gasteiger partial charge in [0.2, 0.25) is 0 Å². The van der Waals surface area contributed by atoms with Gasteiger partial charge in [0.25, 0.3) is 0 Å². The third kappa shape index (κ3) is 3.63. The van der Waals surface area contributed by atoms with Crippen LogP contribution in [-0.4, -0.2) is 19.2 Å². The SMILES string of the molecule is COC(=O)C1CCC(OSI)CC1. The van der Waals surface area contributed by atoms with Crippen LogP contribution in [0.5, 0.6) is 0 Å². The van der Waals surface area contributed by atoms with Gasteiger partial charge >= 0.3 is 5.97 Å². The molecular weight excluding hydrogens is 303 g/mol. The lowest BCUT2D eigenvalue weighted by Crippen LogP contribution is -2.25. The Labute approximate surface area is 94.7 Å². The van der Waals surface area contributed by atoms with Gasteiger partial charge in [0.1, 0.15) is 0 Å². The molecule has 0 aromatic rings. The molecule has 0 atom stereocenters. The summed E-state index contributed by atoms with van der Waals surface area (Å²) < 4.78 is 10.1. The van der Waals surface area contributed by atoms with Crippen LogP contribution < -0.4 is 0 Å². The Morgan fingerprint density at radius 3 is 2.46 bits per heavy atom. The highest BCUT2D eigenvalue weighted by atomic mass is 127. The third-order valence-corrected chi connectivity index (χ3v) is 3.35. The predicted molar refractivity (Wildman–Crippen MR) is 60.5 cm³/mol. The monoisotopic (exact) mass is 316 g/mol. The summed E-state index contributed by atoms with van der Waals surface area (Å²) in [5.41, 5.74) is 0. The molecule has 0 spiro atoms. The number of methoxy groups -OCH3 is 1. The first-order valence-corrected chi connectivity index (χ1v) is 7.58. The van der Waals surface area contributed by atoms with Crippen molar-refractivity contribution >= 4 is 36.4 Å². The molecule has 0 amide bonds. The van der Waals surface area contributed by atoms with Crippen LogP contribution >= 0.6 is 30.4 Å². The molecule has 0 heterocycles. The Bertz CT molecular complexity index is 169. The Morgan fingerprint density at radius 1 is 1.38 bits per heavy atom. The number of rotatable bonds is 3. The third-order valence-electron chi connectivity index (χ3n) is 2.38. The van der Waals surface area contributed by atoms with Crippen LogP contribution in [0.2, 0.25) is 0 Å². The molecule has 0 N–H and O–H groups in total. The maximum absolute atomic E-state index is 11.2. The van der Waals surface area contributed by atoms with Crippen LogP contribution in [0.4, 0.5) is 0 Å². The van der Waals surface area contributed by atoms with E-state index in [0.29, 0.717) is 6.10 Å². The standard InChI is InChI=1S/C8H13IO3S/c1-11-8(10)6-2-4-7(5-3-6)12-13-9/h6-7H,2-5H2,1H3. The molecule has 0 unspecified atom stereocenters. The second-order valence-corrected chi connectivity index (χ2v) is 4.55. The first-order chi connectivity index (χ1) is 6.27. The van der Waals surface area contributed by atoms with Crippen LogP contribution in [0.25, 0.3) is 0 Å². The van der Waals surface area contributed by atoms with E-state index in [0.717, 1.165) is 25.7 Å². The normalized spacial score (nSPS) is 28.5. The van der Waals surface area contributed by atoms with E-state index in [9.17, 15) is 4.79 Å². The van der Waals surface area contributed by atoms with E-state index in [1.54, 1.807) is 0 Å². The van der Waals surface area contributed by atoms with Gasteiger partial charge in [-0.3, -0.25) is 4.79 Å². The molecular formula is C8H13IO3S. The van der Waals surface area contributed by atoms with Crippen molar-refractivity contribution in [3.8, 4) is 0 Å². The van der Waals surface area contributed by atoms with Crippen LogP contribution in [-0.2, 0) is 13.7 Å². The summed E-state index contributed by atoms with van der Waals surface area (Å²) in [6.07, 6.45) is 4.05. The summed E-state index contributed by atoms with van der Waals surface area (Å²) in [6.45, 7) is 0. The fourth-order valence-corrected chi connectivity index (χ4v) is 2.79. The molecule has 0 bridgehead atoms. The number of carbonyl (C=O) groups is 1. The molecule has 1 rings (SSSR count). The number of esters is 1. The fourth-order valence-electron chi connectivity index (χ4n) is 1.61. The summed E-state index contributed by atoms with van der Waals surface area (Å²) in [6, 6.07) is 0. The van der Waals surface area contributed by atoms with E-state index < -0.39 is 0 Å². The Balaban J connectivity index is 2.26. The second kappa shape index (κ2) is 6.08. The van der Waals surface area contributed by atoms with Gasteiger partial charge in [0, 0.05) is 21.2 Å². The number of hydrogen-bond acceptors (Lipinski definition) is 4. The molecule has 13 heavy (non-hydrogen) atoms. The van der Waals surface area contributed by atoms with Gasteiger partial charge in [-0.05, 0) is 25.7 Å². The largest absolute Gasteiger partial charge is 0.469 e. The zero-order valence-corrected chi connectivity index (χ0v) is 10.5. The summed E-state index contributed by atoms with van der Waals surface area (Å²) >= 11 is 2.12. The summed E-state index contributed by atoms with van der Waals surface area (Å²) in [7, 11) is 2.83. The highest BCUT2D eigenvalue weighted by Gasteiger charge is 2.27. The lowest BCUT2D eigenvalue weighted by Gasteiger charge is -2.25. The maximum Gasteiger partial charge on any atom is 0.308 e. The summed E-state index contributed by atoms with van der Waals surface area (Å²) in [4.78, 5) is 11.2. The van der Waals surface area contributed by atoms with Crippen molar-refractivity contribution < 1.29 is 13.7 Å². The van der Waals surface area contributed by atoms with E-state index in [4.69, 9.17) is 8.92 Å². The van der Waals surface area contributed by atoms with Crippen molar-refractivity contribution in [2.24, 2.45) is 5.92 Å². The van der Waals surface area contributed by atoms with Crippen molar-refractivity contribution in [2.45, 2.75) is 31.8 Å². The number of ether oxygens (including phenoxy) is 1. The molecule has 0 aromatic carbocycles. The first kappa shape index (κ1) is 11.6. The van der Waals surface area contributed by atoms with E-state index >= 15 is 0 Å². The van der Waals surface area contributed by atoms with Gasteiger partial charge in [-0.1, -0.05) is 0 Å². The van der Waals surface area contributed by atoms with Crippen LogP contribution in [0.1, 0.15) is 25.7 Å². The van der Waals surface area contributed by atoms with Gasteiger partial charge in [0.05, 0.1) is 28.3 Å². The molecule has 1 aliphatic carbocycles. The zero-order valence-electron chi connectivity index (χ0n) is 7.49. The molecule has 1 saturated carbocycles. The Kier molecular flexibility index (Phi) is 5.42. The smallest absolute Gasteiger partial charge is 0.308 e. The number of hydrogen-bond donors (Lipinski definition) is 0. The van der Waals surface area contributed by atoms with Crippen LogP contribution in [0.15, 0.2) is 0 Å². The van der Waals surface area contributed by atoms with Crippen molar-refractivity contribution in [1.29, 1.82) is 0 Å². The zero-order chi connectivity index (χ0) is 9.68. The molecule has 3 nitrogen and oxygen atoms in total. The van der Waals surface area contributed by atoms with Crippen LogP contribution in [0, 0.1) is 5.92 Å². The molecule has 1 fully saturated rings. The average Bonchev–Trinajstić information content (AvgIpc) is 2.18. The lowest BCUT2D eigenvalue weighted by atomic mass is 9.88. The van der Waals surface area contributed by atoms with Crippen molar-refractivity contribution in [3.05, 3.63) is 0 Å². The lowest BCUT2D eigenvalue weighted by molar-refractivity contribution is -0.147. The van der Waals surface area contributed by atoms with Gasteiger partial charge < -0.3 is 8.92 Å². The van der Waals surface area contributed by atoms with E-state index in [1.807, 2.05) is 0 Å². The summed E-state index contributed by atoms with van der Waals surface area (Å²) in [5.74, 6) is 0.0321. The van der Waals surface area contributed by atoms with E-state index in [2.05, 4.69) is 21.2 Å². The second-order valence-electron chi connectivity index (χ2n) is 3.16. The molecule has 0 aromatic heterocycles.